The zero-order chi connectivity index (χ0) is 26.0. The zero-order valence-corrected chi connectivity index (χ0v) is 22.8. The van der Waals surface area contributed by atoms with Crippen LogP contribution in [0.5, 0.6) is 11.5 Å². The van der Waals surface area contributed by atoms with Crippen LogP contribution in [0.2, 0.25) is 0 Å². The van der Waals surface area contributed by atoms with Crippen molar-refractivity contribution in [2.75, 3.05) is 28.4 Å². The monoisotopic (exact) mass is 486 g/mol. The second kappa shape index (κ2) is 10.9. The van der Waals surface area contributed by atoms with Crippen molar-refractivity contribution < 1.29 is 18.9 Å². The van der Waals surface area contributed by atoms with Gasteiger partial charge in [-0.05, 0) is 115 Å². The van der Waals surface area contributed by atoms with E-state index in [2.05, 4.69) is 76.2 Å². The Labute approximate surface area is 215 Å². The molecule has 4 rings (SSSR count). The van der Waals surface area contributed by atoms with E-state index in [1.54, 1.807) is 28.4 Å². The standard InChI is InChI=1S/C32H38O4/c1-19(2)27-15-25(35-7)9-21-11-31(23(17-33-5)13-29(21)27)32-12-22-10-26(36-8)16-28(20(3)4)30(22)14-24(32)18-34-6/h9-16,19-20H,17-18H2,1-8H3. The second-order valence-corrected chi connectivity index (χ2v) is 10.1. The van der Waals surface area contributed by atoms with Gasteiger partial charge in [0.15, 0.2) is 0 Å². The van der Waals surface area contributed by atoms with Gasteiger partial charge in [0, 0.05) is 14.2 Å². The van der Waals surface area contributed by atoms with Crippen molar-refractivity contribution >= 4 is 21.5 Å². The molecule has 0 bridgehead atoms. The molecule has 0 aliphatic heterocycles. The van der Waals surface area contributed by atoms with E-state index in [0.29, 0.717) is 25.0 Å². The highest BCUT2D eigenvalue weighted by molar-refractivity contribution is 5.97. The lowest BCUT2D eigenvalue weighted by Gasteiger charge is -2.20. The number of fused-ring (bicyclic) bond motifs is 2. The highest BCUT2D eigenvalue weighted by Crippen LogP contribution is 2.40. The molecular weight excluding hydrogens is 448 g/mol. The molecule has 0 N–H and O–H groups in total. The van der Waals surface area contributed by atoms with Crippen LogP contribution in [-0.4, -0.2) is 28.4 Å². The molecule has 4 aromatic rings. The summed E-state index contributed by atoms with van der Waals surface area (Å²) >= 11 is 0. The summed E-state index contributed by atoms with van der Waals surface area (Å²) in [5.74, 6) is 2.49. The van der Waals surface area contributed by atoms with Crippen molar-refractivity contribution in [1.82, 2.24) is 0 Å². The molecule has 0 aliphatic rings. The predicted molar refractivity (Wildman–Crippen MR) is 150 cm³/mol. The van der Waals surface area contributed by atoms with E-state index in [1.807, 2.05) is 0 Å². The van der Waals surface area contributed by atoms with Gasteiger partial charge in [-0.25, -0.2) is 0 Å². The first-order valence-corrected chi connectivity index (χ1v) is 12.6. The first kappa shape index (κ1) is 26.0. The first-order valence-electron chi connectivity index (χ1n) is 12.6. The van der Waals surface area contributed by atoms with Crippen LogP contribution in [0.1, 0.15) is 61.8 Å². The van der Waals surface area contributed by atoms with Gasteiger partial charge in [-0.1, -0.05) is 27.7 Å². The van der Waals surface area contributed by atoms with Crippen LogP contribution < -0.4 is 9.47 Å². The normalized spacial score (nSPS) is 11.7. The number of ether oxygens (including phenoxy) is 4. The average Bonchev–Trinajstić information content (AvgIpc) is 2.86. The van der Waals surface area contributed by atoms with Crippen LogP contribution in [0.15, 0.2) is 48.5 Å². The maximum Gasteiger partial charge on any atom is 0.119 e. The fourth-order valence-electron chi connectivity index (χ4n) is 5.16. The molecule has 4 nitrogen and oxygen atoms in total. The lowest BCUT2D eigenvalue weighted by molar-refractivity contribution is 0.184. The lowest BCUT2D eigenvalue weighted by Crippen LogP contribution is -2.01. The molecule has 0 unspecified atom stereocenters. The molecule has 0 aromatic heterocycles. The van der Waals surface area contributed by atoms with E-state index in [-0.39, 0.29) is 0 Å². The summed E-state index contributed by atoms with van der Waals surface area (Å²) in [6.07, 6.45) is 0. The first-order chi connectivity index (χ1) is 17.3. The van der Waals surface area contributed by atoms with Crippen molar-refractivity contribution in [3.63, 3.8) is 0 Å². The maximum atomic E-state index is 5.68. The molecule has 0 amide bonds. The molecule has 0 saturated carbocycles. The molecule has 0 fully saturated rings. The van der Waals surface area contributed by atoms with Crippen LogP contribution >= 0.6 is 0 Å². The van der Waals surface area contributed by atoms with Crippen LogP contribution in [0.4, 0.5) is 0 Å². The van der Waals surface area contributed by atoms with Gasteiger partial charge < -0.3 is 18.9 Å². The molecule has 0 radical (unpaired) electrons. The zero-order valence-electron chi connectivity index (χ0n) is 22.8. The van der Waals surface area contributed by atoms with Gasteiger partial charge in [0.05, 0.1) is 27.4 Å². The summed E-state index contributed by atoms with van der Waals surface area (Å²) in [6, 6.07) is 17.7. The lowest BCUT2D eigenvalue weighted by atomic mass is 9.86. The third-order valence-electron chi connectivity index (χ3n) is 6.97. The largest absolute Gasteiger partial charge is 0.497 e. The van der Waals surface area contributed by atoms with Gasteiger partial charge in [0.2, 0.25) is 0 Å². The SMILES string of the molecule is COCc1cc2c(C(C)C)cc(OC)cc2cc1-c1cc2cc(OC)cc(C(C)C)c2cc1COC. The quantitative estimate of drug-likeness (QED) is 0.239. The van der Waals surface area contributed by atoms with Gasteiger partial charge in [-0.3, -0.25) is 0 Å². The molecule has 190 valence electrons. The molecule has 4 heteroatoms. The Morgan fingerprint density at radius 3 is 1.22 bits per heavy atom. The van der Waals surface area contributed by atoms with Gasteiger partial charge >= 0.3 is 0 Å². The molecular formula is C32H38O4. The number of rotatable bonds is 9. The highest BCUT2D eigenvalue weighted by Gasteiger charge is 2.18. The van der Waals surface area contributed by atoms with Crippen molar-refractivity contribution in [3.8, 4) is 22.6 Å². The minimum Gasteiger partial charge on any atom is -0.497 e. The molecule has 0 spiro atoms. The van der Waals surface area contributed by atoms with Crippen molar-refractivity contribution in [2.24, 2.45) is 0 Å². The Hall–Kier alpha value is -3.08. The molecule has 36 heavy (non-hydrogen) atoms. The van der Waals surface area contributed by atoms with Crippen LogP contribution in [-0.2, 0) is 22.7 Å². The van der Waals surface area contributed by atoms with E-state index in [9.17, 15) is 0 Å². The summed E-state index contributed by atoms with van der Waals surface area (Å²) in [7, 11) is 6.96. The van der Waals surface area contributed by atoms with Crippen LogP contribution in [0, 0.1) is 0 Å². The fourth-order valence-corrected chi connectivity index (χ4v) is 5.16. The van der Waals surface area contributed by atoms with Gasteiger partial charge in [0.25, 0.3) is 0 Å². The molecule has 0 saturated heterocycles. The summed E-state index contributed by atoms with van der Waals surface area (Å²) in [5, 5.41) is 4.79. The van der Waals surface area contributed by atoms with E-state index in [1.165, 1.54) is 21.9 Å². The van der Waals surface area contributed by atoms with E-state index in [0.717, 1.165) is 44.5 Å². The number of hydrogen-bond donors (Lipinski definition) is 0. The molecule has 0 heterocycles. The molecule has 0 atom stereocenters. The Bertz CT molecular complexity index is 1280. The summed E-state index contributed by atoms with van der Waals surface area (Å²) < 4.78 is 22.7. The molecule has 4 aromatic carbocycles. The number of benzene rings is 4. The molecule has 0 aliphatic carbocycles. The second-order valence-electron chi connectivity index (χ2n) is 10.1. The van der Waals surface area contributed by atoms with Crippen molar-refractivity contribution in [3.05, 3.63) is 70.8 Å². The van der Waals surface area contributed by atoms with Gasteiger partial charge in [-0.2, -0.15) is 0 Å². The van der Waals surface area contributed by atoms with Gasteiger partial charge in [-0.15, -0.1) is 0 Å². The Morgan fingerprint density at radius 2 is 0.917 bits per heavy atom. The van der Waals surface area contributed by atoms with Crippen molar-refractivity contribution in [1.29, 1.82) is 0 Å². The van der Waals surface area contributed by atoms with Crippen LogP contribution in [0.3, 0.4) is 0 Å². The van der Waals surface area contributed by atoms with Crippen molar-refractivity contribution in [2.45, 2.75) is 52.7 Å². The Balaban J connectivity index is 2.08. The van der Waals surface area contributed by atoms with Gasteiger partial charge in [0.1, 0.15) is 11.5 Å². The van der Waals surface area contributed by atoms with E-state index < -0.39 is 0 Å². The Kier molecular flexibility index (Phi) is 7.87. The number of hydrogen-bond acceptors (Lipinski definition) is 4. The summed E-state index contributed by atoms with van der Waals surface area (Å²) in [4.78, 5) is 0. The maximum absolute atomic E-state index is 5.68. The average molecular weight is 487 g/mol. The minimum atomic E-state index is 0.371. The smallest absolute Gasteiger partial charge is 0.119 e. The topological polar surface area (TPSA) is 36.9 Å². The minimum absolute atomic E-state index is 0.371. The van der Waals surface area contributed by atoms with E-state index >= 15 is 0 Å². The van der Waals surface area contributed by atoms with Crippen LogP contribution in [0.25, 0.3) is 32.7 Å². The Morgan fingerprint density at radius 1 is 0.528 bits per heavy atom. The van der Waals surface area contributed by atoms with E-state index in [4.69, 9.17) is 18.9 Å². The predicted octanol–water partition coefficient (Wildman–Crippen LogP) is 8.22. The fraction of sp³-hybridized carbons (Fsp3) is 0.375. The summed E-state index contributed by atoms with van der Waals surface area (Å²) in [6.45, 7) is 9.93. The third-order valence-corrected chi connectivity index (χ3v) is 6.97. The third kappa shape index (κ3) is 4.93. The highest BCUT2D eigenvalue weighted by atomic mass is 16.5. The number of methoxy groups -OCH3 is 4. The summed E-state index contributed by atoms with van der Waals surface area (Å²) in [5.41, 5.74) is 7.15.